The van der Waals surface area contributed by atoms with E-state index < -0.39 is 0 Å². The molecule has 170 valence electrons. The molecule has 2 amide bonds. The van der Waals surface area contributed by atoms with Crippen molar-refractivity contribution in [1.82, 2.24) is 20.4 Å². The molecule has 1 saturated heterocycles. The molecule has 0 aliphatic carbocycles. The molecule has 3 rings (SSSR count). The van der Waals surface area contributed by atoms with Crippen molar-refractivity contribution in [3.8, 4) is 0 Å². The van der Waals surface area contributed by atoms with Gasteiger partial charge in [-0.05, 0) is 41.7 Å². The van der Waals surface area contributed by atoms with Crippen LogP contribution >= 0.6 is 0 Å². The largest absolute Gasteiger partial charge is 0.356 e. The van der Waals surface area contributed by atoms with Crippen LogP contribution in [-0.2, 0) is 24.3 Å². The molecule has 0 bridgehead atoms. The molecule has 1 heterocycles. The van der Waals surface area contributed by atoms with Gasteiger partial charge in [-0.25, -0.2) is 0 Å². The molecule has 0 aromatic heterocycles. The van der Waals surface area contributed by atoms with Gasteiger partial charge in [-0.15, -0.1) is 0 Å². The first-order valence-corrected chi connectivity index (χ1v) is 11.1. The van der Waals surface area contributed by atoms with Crippen molar-refractivity contribution in [2.75, 3.05) is 34.2 Å². The van der Waals surface area contributed by atoms with Crippen LogP contribution in [0.1, 0.15) is 39.9 Å². The summed E-state index contributed by atoms with van der Waals surface area (Å²) in [6, 6.07) is 16.1. The fraction of sp³-hybridized carbons (Fsp3) is 0.400. The van der Waals surface area contributed by atoms with Crippen LogP contribution in [0.2, 0.25) is 0 Å². The number of likely N-dealkylation sites (tertiary alicyclic amines) is 1. The molecule has 7 heteroatoms. The maximum absolute atomic E-state index is 12.1. The number of amides is 2. The third-order valence-electron chi connectivity index (χ3n) is 5.54. The lowest BCUT2D eigenvalue weighted by atomic mass is 10.1. The minimum Gasteiger partial charge on any atom is -0.356 e. The number of nitrogens with one attached hydrogen (secondary N) is 2. The van der Waals surface area contributed by atoms with E-state index in [0.29, 0.717) is 31.6 Å². The molecule has 32 heavy (non-hydrogen) atoms. The van der Waals surface area contributed by atoms with Gasteiger partial charge in [-0.3, -0.25) is 14.6 Å². The van der Waals surface area contributed by atoms with E-state index in [2.05, 4.69) is 39.9 Å². The first-order valence-electron chi connectivity index (χ1n) is 11.1. The van der Waals surface area contributed by atoms with Crippen molar-refractivity contribution in [3.05, 3.63) is 70.8 Å². The molecule has 1 fully saturated rings. The van der Waals surface area contributed by atoms with Crippen LogP contribution in [0.15, 0.2) is 53.5 Å². The fourth-order valence-electron chi connectivity index (χ4n) is 3.70. The summed E-state index contributed by atoms with van der Waals surface area (Å²) in [5, 5.41) is 6.65. The number of carbonyl (C=O) groups is 2. The number of hydrogen-bond donors (Lipinski definition) is 2. The Kier molecular flexibility index (Phi) is 8.25. The van der Waals surface area contributed by atoms with E-state index in [4.69, 9.17) is 0 Å². The Labute approximate surface area is 190 Å². The van der Waals surface area contributed by atoms with Crippen molar-refractivity contribution in [1.29, 1.82) is 0 Å². The van der Waals surface area contributed by atoms with Crippen molar-refractivity contribution < 1.29 is 9.59 Å². The summed E-state index contributed by atoms with van der Waals surface area (Å²) in [5.74, 6) is 0.995. The molecule has 0 radical (unpaired) electrons. The number of guanidine groups is 1. The molecule has 0 atom stereocenters. The van der Waals surface area contributed by atoms with Crippen LogP contribution in [0.5, 0.6) is 0 Å². The van der Waals surface area contributed by atoms with Crippen LogP contribution in [0, 0.1) is 0 Å². The van der Waals surface area contributed by atoms with E-state index >= 15 is 0 Å². The van der Waals surface area contributed by atoms with Crippen LogP contribution in [0.4, 0.5) is 0 Å². The summed E-state index contributed by atoms with van der Waals surface area (Å²) < 4.78 is 0. The lowest BCUT2D eigenvalue weighted by Crippen LogP contribution is -2.37. The van der Waals surface area contributed by atoms with E-state index in [9.17, 15) is 9.59 Å². The Morgan fingerprint density at radius 2 is 1.81 bits per heavy atom. The zero-order valence-corrected chi connectivity index (χ0v) is 19.2. The minimum atomic E-state index is 0.00957. The molecule has 2 aromatic rings. The van der Waals surface area contributed by atoms with Gasteiger partial charge in [0, 0.05) is 59.3 Å². The van der Waals surface area contributed by atoms with E-state index in [0.717, 1.165) is 42.0 Å². The summed E-state index contributed by atoms with van der Waals surface area (Å²) in [6.07, 6.45) is 2.43. The summed E-state index contributed by atoms with van der Waals surface area (Å²) in [6.45, 7) is 2.93. The highest BCUT2D eigenvalue weighted by Gasteiger charge is 2.19. The Balaban J connectivity index is 1.43. The second kappa shape index (κ2) is 11.3. The first kappa shape index (κ1) is 23.3. The van der Waals surface area contributed by atoms with Crippen molar-refractivity contribution in [2.45, 2.75) is 32.4 Å². The number of carbonyl (C=O) groups excluding carboxylic acids is 2. The fourth-order valence-corrected chi connectivity index (χ4v) is 3.70. The molecule has 0 unspecified atom stereocenters. The number of hydrogen-bond acceptors (Lipinski definition) is 3. The molecular formula is C25H33N5O2. The molecule has 2 N–H and O–H groups in total. The molecule has 2 aromatic carbocycles. The van der Waals surface area contributed by atoms with Crippen LogP contribution in [0.25, 0.3) is 0 Å². The van der Waals surface area contributed by atoms with Crippen LogP contribution in [0.3, 0.4) is 0 Å². The van der Waals surface area contributed by atoms with Crippen LogP contribution in [-0.4, -0.2) is 61.8 Å². The maximum Gasteiger partial charge on any atom is 0.253 e. The second-order valence-corrected chi connectivity index (χ2v) is 8.24. The van der Waals surface area contributed by atoms with E-state index in [1.807, 2.05) is 29.2 Å². The minimum absolute atomic E-state index is 0.00957. The van der Waals surface area contributed by atoms with Gasteiger partial charge in [0.2, 0.25) is 5.91 Å². The normalized spacial score (nSPS) is 13.9. The highest BCUT2D eigenvalue weighted by molar-refractivity contribution is 5.94. The second-order valence-electron chi connectivity index (χ2n) is 8.24. The SMILES string of the molecule is CN=C(NCCc1cccc(C(=O)N(C)C)c1)NCc1ccc(CN2CCCC2=O)cc1. The average molecular weight is 436 g/mol. The number of aliphatic imine (C=N–C) groups is 1. The number of nitrogens with zero attached hydrogens (tertiary/aromatic N) is 3. The molecular weight excluding hydrogens is 402 g/mol. The lowest BCUT2D eigenvalue weighted by Gasteiger charge is -2.16. The highest BCUT2D eigenvalue weighted by atomic mass is 16.2. The highest BCUT2D eigenvalue weighted by Crippen LogP contribution is 2.14. The van der Waals surface area contributed by atoms with E-state index in [1.54, 1.807) is 26.0 Å². The Bertz CT molecular complexity index is 953. The Hall–Kier alpha value is -3.35. The summed E-state index contributed by atoms with van der Waals surface area (Å²) in [4.78, 5) is 31.7. The molecule has 1 aliphatic rings. The summed E-state index contributed by atoms with van der Waals surface area (Å²) >= 11 is 0. The van der Waals surface area contributed by atoms with Crippen molar-refractivity contribution in [3.63, 3.8) is 0 Å². The van der Waals surface area contributed by atoms with Gasteiger partial charge in [0.05, 0.1) is 0 Å². The van der Waals surface area contributed by atoms with Crippen molar-refractivity contribution in [2.24, 2.45) is 4.99 Å². The van der Waals surface area contributed by atoms with Gasteiger partial charge in [-0.1, -0.05) is 36.4 Å². The lowest BCUT2D eigenvalue weighted by molar-refractivity contribution is -0.128. The predicted octanol–water partition coefficient (Wildman–Crippen LogP) is 2.42. The number of rotatable bonds is 8. The predicted molar refractivity (Wildman–Crippen MR) is 127 cm³/mol. The van der Waals surface area contributed by atoms with Gasteiger partial charge < -0.3 is 20.4 Å². The van der Waals surface area contributed by atoms with Gasteiger partial charge in [0.15, 0.2) is 5.96 Å². The van der Waals surface area contributed by atoms with Gasteiger partial charge in [0.25, 0.3) is 5.91 Å². The molecule has 0 spiro atoms. The molecule has 0 saturated carbocycles. The van der Waals surface area contributed by atoms with E-state index in [-0.39, 0.29) is 11.8 Å². The maximum atomic E-state index is 12.1. The Morgan fingerprint density at radius 1 is 1.06 bits per heavy atom. The van der Waals surface area contributed by atoms with Crippen molar-refractivity contribution >= 4 is 17.8 Å². The topological polar surface area (TPSA) is 77.0 Å². The zero-order chi connectivity index (χ0) is 22.9. The average Bonchev–Trinajstić information content (AvgIpc) is 3.21. The summed E-state index contributed by atoms with van der Waals surface area (Å²) in [7, 11) is 5.27. The van der Waals surface area contributed by atoms with E-state index in [1.165, 1.54) is 0 Å². The third-order valence-corrected chi connectivity index (χ3v) is 5.54. The monoisotopic (exact) mass is 435 g/mol. The van der Waals surface area contributed by atoms with Gasteiger partial charge in [-0.2, -0.15) is 0 Å². The molecule has 7 nitrogen and oxygen atoms in total. The quantitative estimate of drug-likeness (QED) is 0.493. The smallest absolute Gasteiger partial charge is 0.253 e. The zero-order valence-electron chi connectivity index (χ0n) is 19.2. The Morgan fingerprint density at radius 3 is 2.47 bits per heavy atom. The standard InChI is InChI=1S/C25H33N5O2/c1-26-25(27-14-13-19-6-4-7-22(16-19)24(32)29(2)3)28-17-20-9-11-21(12-10-20)18-30-15-5-8-23(30)31/h4,6-7,9-12,16H,5,8,13-15,17-18H2,1-3H3,(H2,26,27,28). The van der Waals surface area contributed by atoms with Gasteiger partial charge >= 0.3 is 0 Å². The van der Waals surface area contributed by atoms with Gasteiger partial charge in [0.1, 0.15) is 0 Å². The first-order chi connectivity index (χ1) is 15.5. The third kappa shape index (κ3) is 6.57. The number of benzene rings is 2. The van der Waals surface area contributed by atoms with Crippen LogP contribution < -0.4 is 10.6 Å². The molecule has 1 aliphatic heterocycles. The summed E-state index contributed by atoms with van der Waals surface area (Å²) in [5.41, 5.74) is 4.11.